The summed E-state index contributed by atoms with van der Waals surface area (Å²) in [5.74, 6) is -15.3. The Morgan fingerprint density at radius 1 is 1.04 bits per heavy atom. The van der Waals surface area contributed by atoms with Gasteiger partial charge < -0.3 is 5.32 Å². The molecule has 0 aliphatic carbocycles. The number of aromatic nitrogens is 2. The molecule has 136 valence electrons. The number of hydrogen-bond acceptors (Lipinski definition) is 2. The summed E-state index contributed by atoms with van der Waals surface area (Å²) in [5.41, 5.74) is 0.316. The fourth-order valence-electron chi connectivity index (χ4n) is 1.82. The fourth-order valence-corrected chi connectivity index (χ4v) is 1.82. The molecule has 0 radical (unpaired) electrons. The van der Waals surface area contributed by atoms with E-state index in [1.54, 1.807) is 30.3 Å². The van der Waals surface area contributed by atoms with Gasteiger partial charge in [0.1, 0.15) is 0 Å². The van der Waals surface area contributed by atoms with E-state index in [4.69, 9.17) is 0 Å². The summed E-state index contributed by atoms with van der Waals surface area (Å²) in [5, 5.41) is 5.02. The highest BCUT2D eigenvalue weighted by Crippen LogP contribution is 2.46. The zero-order chi connectivity index (χ0) is 18.9. The number of rotatable bonds is 5. The maximum absolute atomic E-state index is 13.2. The molecule has 0 atom stereocenters. The molecule has 0 fully saturated rings. The molecule has 0 aliphatic heterocycles. The molecule has 1 aromatic heterocycles. The third-order valence-corrected chi connectivity index (χ3v) is 3.11. The molecule has 1 amide bonds. The van der Waals surface area contributed by atoms with E-state index in [1.807, 2.05) is 0 Å². The van der Waals surface area contributed by atoms with Crippen molar-refractivity contribution in [3.63, 3.8) is 0 Å². The molecular weight excluding hydrogens is 359 g/mol. The van der Waals surface area contributed by atoms with Crippen LogP contribution in [0.3, 0.4) is 0 Å². The SMILES string of the molecule is O=C(Nc1cnn(Cc2ccccc2)c1)C(F)(F)C(F)(F)C(F)(F)F. The smallest absolute Gasteiger partial charge is 0.318 e. The van der Waals surface area contributed by atoms with Crippen LogP contribution in [0.2, 0.25) is 0 Å². The van der Waals surface area contributed by atoms with Gasteiger partial charge in [-0.05, 0) is 5.56 Å². The highest BCUT2D eigenvalue weighted by molar-refractivity contribution is 5.96. The topological polar surface area (TPSA) is 46.9 Å². The van der Waals surface area contributed by atoms with E-state index in [-0.39, 0.29) is 6.54 Å². The predicted molar refractivity (Wildman–Crippen MR) is 72.3 cm³/mol. The molecule has 0 saturated carbocycles. The van der Waals surface area contributed by atoms with Crippen LogP contribution in [0.1, 0.15) is 5.56 Å². The van der Waals surface area contributed by atoms with E-state index in [0.717, 1.165) is 18.0 Å². The lowest BCUT2D eigenvalue weighted by molar-refractivity contribution is -0.343. The third-order valence-electron chi connectivity index (χ3n) is 3.11. The Labute approximate surface area is 136 Å². The van der Waals surface area contributed by atoms with Gasteiger partial charge >= 0.3 is 23.9 Å². The standard InChI is InChI=1S/C14H10F7N3O/c15-12(16,13(17,18)14(19,20)21)11(25)23-10-6-22-24(8-10)7-9-4-2-1-3-5-9/h1-6,8H,7H2,(H,23,25). The summed E-state index contributed by atoms with van der Waals surface area (Å²) in [6, 6.07) is 8.64. The number of carbonyl (C=O) groups is 1. The molecule has 4 nitrogen and oxygen atoms in total. The minimum absolute atomic E-state index is 0.172. The van der Waals surface area contributed by atoms with Gasteiger partial charge in [-0.3, -0.25) is 9.48 Å². The largest absolute Gasteiger partial charge is 0.460 e. The number of benzene rings is 1. The van der Waals surface area contributed by atoms with Gasteiger partial charge in [0.25, 0.3) is 0 Å². The summed E-state index contributed by atoms with van der Waals surface area (Å²) >= 11 is 0. The van der Waals surface area contributed by atoms with Gasteiger partial charge in [0.05, 0.1) is 18.4 Å². The summed E-state index contributed by atoms with van der Waals surface area (Å²) in [7, 11) is 0. The van der Waals surface area contributed by atoms with Gasteiger partial charge in [-0.25, -0.2) is 0 Å². The van der Waals surface area contributed by atoms with Crippen LogP contribution in [-0.4, -0.2) is 33.7 Å². The van der Waals surface area contributed by atoms with Gasteiger partial charge in [-0.2, -0.15) is 35.8 Å². The van der Waals surface area contributed by atoms with Crippen LogP contribution in [0, 0.1) is 0 Å². The second-order valence-corrected chi connectivity index (χ2v) is 5.01. The van der Waals surface area contributed by atoms with Gasteiger partial charge in [0, 0.05) is 6.20 Å². The Kier molecular flexibility index (Phi) is 4.78. The summed E-state index contributed by atoms with van der Waals surface area (Å²) in [6.07, 6.45) is -4.71. The molecule has 25 heavy (non-hydrogen) atoms. The van der Waals surface area contributed by atoms with E-state index >= 15 is 0 Å². The van der Waals surface area contributed by atoms with Gasteiger partial charge in [-0.1, -0.05) is 30.3 Å². The summed E-state index contributed by atoms with van der Waals surface area (Å²) < 4.78 is 89.4. The normalized spacial score (nSPS) is 12.9. The first kappa shape index (κ1) is 18.7. The van der Waals surface area contributed by atoms with Crippen LogP contribution < -0.4 is 5.32 Å². The Balaban J connectivity index is 2.11. The molecule has 1 N–H and O–H groups in total. The minimum atomic E-state index is -6.58. The minimum Gasteiger partial charge on any atom is -0.318 e. The van der Waals surface area contributed by atoms with Crippen LogP contribution in [0.5, 0.6) is 0 Å². The molecule has 0 spiro atoms. The predicted octanol–water partition coefficient (Wildman–Crippen LogP) is 3.70. The second-order valence-electron chi connectivity index (χ2n) is 5.01. The van der Waals surface area contributed by atoms with Crippen molar-refractivity contribution in [3.8, 4) is 0 Å². The van der Waals surface area contributed by atoms with Crippen molar-refractivity contribution in [1.82, 2.24) is 9.78 Å². The van der Waals surface area contributed by atoms with E-state index in [0.29, 0.717) is 0 Å². The molecule has 1 aromatic carbocycles. The van der Waals surface area contributed by atoms with Crippen LogP contribution in [-0.2, 0) is 11.3 Å². The first-order valence-corrected chi connectivity index (χ1v) is 6.65. The van der Waals surface area contributed by atoms with E-state index in [9.17, 15) is 35.5 Å². The Morgan fingerprint density at radius 2 is 1.64 bits per heavy atom. The van der Waals surface area contributed by atoms with Crippen molar-refractivity contribution >= 4 is 11.6 Å². The molecular formula is C14H10F7N3O. The van der Waals surface area contributed by atoms with Crippen LogP contribution >= 0.6 is 0 Å². The number of carbonyl (C=O) groups excluding carboxylic acids is 1. The van der Waals surface area contributed by atoms with Crippen LogP contribution in [0.15, 0.2) is 42.7 Å². The van der Waals surface area contributed by atoms with Crippen LogP contribution in [0.4, 0.5) is 36.4 Å². The molecule has 0 aliphatic rings. The van der Waals surface area contributed by atoms with Crippen molar-refractivity contribution in [2.75, 3.05) is 5.32 Å². The number of alkyl halides is 7. The maximum Gasteiger partial charge on any atom is 0.460 e. The molecule has 0 unspecified atom stereocenters. The lowest BCUT2D eigenvalue weighted by Crippen LogP contribution is -2.57. The van der Waals surface area contributed by atoms with Crippen LogP contribution in [0.25, 0.3) is 0 Å². The molecule has 2 rings (SSSR count). The molecule has 0 bridgehead atoms. The summed E-state index contributed by atoms with van der Waals surface area (Å²) in [6.45, 7) is 0.172. The van der Waals surface area contributed by atoms with E-state index < -0.39 is 29.6 Å². The summed E-state index contributed by atoms with van der Waals surface area (Å²) in [4.78, 5) is 11.2. The Hall–Kier alpha value is -2.59. The number of halogens is 7. The highest BCUT2D eigenvalue weighted by atomic mass is 19.4. The van der Waals surface area contributed by atoms with Crippen molar-refractivity contribution in [2.45, 2.75) is 24.6 Å². The van der Waals surface area contributed by atoms with Crippen molar-refractivity contribution in [3.05, 3.63) is 48.3 Å². The van der Waals surface area contributed by atoms with Crippen molar-refractivity contribution in [1.29, 1.82) is 0 Å². The number of hydrogen-bond donors (Lipinski definition) is 1. The number of nitrogens with zero attached hydrogens (tertiary/aromatic N) is 2. The van der Waals surface area contributed by atoms with Crippen molar-refractivity contribution in [2.24, 2.45) is 0 Å². The zero-order valence-electron chi connectivity index (χ0n) is 12.2. The molecule has 0 saturated heterocycles. The second kappa shape index (κ2) is 6.37. The lowest BCUT2D eigenvalue weighted by Gasteiger charge is -2.26. The van der Waals surface area contributed by atoms with E-state index in [1.165, 1.54) is 10.00 Å². The lowest BCUT2D eigenvalue weighted by atomic mass is 10.1. The fraction of sp³-hybridized carbons (Fsp3) is 0.286. The molecule has 11 heteroatoms. The monoisotopic (exact) mass is 369 g/mol. The number of anilines is 1. The Bertz CT molecular complexity index is 740. The quantitative estimate of drug-likeness (QED) is 0.817. The highest BCUT2D eigenvalue weighted by Gasteiger charge is 2.76. The first-order chi connectivity index (χ1) is 11.4. The molecule has 1 heterocycles. The molecule has 2 aromatic rings. The average molecular weight is 369 g/mol. The van der Waals surface area contributed by atoms with Gasteiger partial charge in [-0.15, -0.1) is 0 Å². The van der Waals surface area contributed by atoms with E-state index in [2.05, 4.69) is 5.10 Å². The number of nitrogens with one attached hydrogen (secondary N) is 1. The van der Waals surface area contributed by atoms with Gasteiger partial charge in [0.15, 0.2) is 0 Å². The maximum atomic E-state index is 13.2. The zero-order valence-corrected chi connectivity index (χ0v) is 12.2. The first-order valence-electron chi connectivity index (χ1n) is 6.65. The van der Waals surface area contributed by atoms with Crippen molar-refractivity contribution < 1.29 is 35.5 Å². The average Bonchev–Trinajstić information content (AvgIpc) is 2.94. The Morgan fingerprint density at radius 3 is 2.20 bits per heavy atom. The third kappa shape index (κ3) is 3.74. The number of amides is 1. The van der Waals surface area contributed by atoms with Gasteiger partial charge in [0.2, 0.25) is 0 Å².